The lowest BCUT2D eigenvalue weighted by Gasteiger charge is -2.23. The van der Waals surface area contributed by atoms with Crippen LogP contribution in [0.2, 0.25) is 0 Å². The number of anilines is 2. The predicted molar refractivity (Wildman–Crippen MR) is 76.4 cm³/mol. The first kappa shape index (κ1) is 13.5. The minimum atomic E-state index is -3.74. The molecule has 1 aromatic carbocycles. The van der Waals surface area contributed by atoms with Gasteiger partial charge < -0.3 is 10.6 Å². The Morgan fingerprint density at radius 3 is 2.67 bits per heavy atom. The molecule has 100 valence electrons. The largest absolute Gasteiger partial charge is 0.398 e. The molecule has 0 bridgehead atoms. The Balaban J connectivity index is 2.28. The molecule has 1 aromatic rings. The van der Waals surface area contributed by atoms with Crippen molar-refractivity contribution in [2.75, 3.05) is 35.2 Å². The fraction of sp³-hybridized carbons (Fsp3) is 0.455. The number of sulfonamides is 1. The van der Waals surface area contributed by atoms with Gasteiger partial charge in [0.15, 0.2) is 0 Å². The van der Waals surface area contributed by atoms with Crippen molar-refractivity contribution in [3.05, 3.63) is 18.2 Å². The van der Waals surface area contributed by atoms with Crippen LogP contribution in [-0.2, 0) is 10.0 Å². The molecule has 0 spiro atoms. The van der Waals surface area contributed by atoms with Crippen molar-refractivity contribution in [2.45, 2.75) is 11.3 Å². The Morgan fingerprint density at radius 2 is 2.00 bits per heavy atom. The average Bonchev–Trinajstić information content (AvgIpc) is 2.55. The standard InChI is InChI=1S/C11H17N3O2S2/c12-10-8-9(2-3-11(10)18(13,15)16)14-4-1-6-17-7-5-14/h2-3,8H,1,4-7,12H2,(H2,13,15,16). The molecule has 5 nitrogen and oxygen atoms in total. The lowest BCUT2D eigenvalue weighted by Crippen LogP contribution is -2.25. The van der Waals surface area contributed by atoms with Crippen LogP contribution >= 0.6 is 11.8 Å². The monoisotopic (exact) mass is 287 g/mol. The van der Waals surface area contributed by atoms with Crippen molar-refractivity contribution in [3.8, 4) is 0 Å². The minimum Gasteiger partial charge on any atom is -0.398 e. The van der Waals surface area contributed by atoms with Gasteiger partial charge in [0.2, 0.25) is 10.0 Å². The van der Waals surface area contributed by atoms with Crippen LogP contribution in [0.5, 0.6) is 0 Å². The Morgan fingerprint density at radius 1 is 1.22 bits per heavy atom. The average molecular weight is 287 g/mol. The summed E-state index contributed by atoms with van der Waals surface area (Å²) in [6.45, 7) is 1.93. The van der Waals surface area contributed by atoms with E-state index in [1.54, 1.807) is 12.1 Å². The van der Waals surface area contributed by atoms with Gasteiger partial charge in [-0.05, 0) is 30.4 Å². The number of hydrogen-bond donors (Lipinski definition) is 2. The summed E-state index contributed by atoms with van der Waals surface area (Å²) in [6, 6.07) is 4.94. The van der Waals surface area contributed by atoms with Gasteiger partial charge >= 0.3 is 0 Å². The van der Waals surface area contributed by atoms with E-state index in [2.05, 4.69) is 4.90 Å². The van der Waals surface area contributed by atoms with Crippen molar-refractivity contribution in [2.24, 2.45) is 5.14 Å². The summed E-state index contributed by atoms with van der Waals surface area (Å²) >= 11 is 1.94. The second kappa shape index (κ2) is 5.38. The van der Waals surface area contributed by atoms with Gasteiger partial charge in [0.25, 0.3) is 0 Å². The van der Waals surface area contributed by atoms with Gasteiger partial charge in [-0.15, -0.1) is 0 Å². The molecule has 1 aliphatic rings. The van der Waals surface area contributed by atoms with E-state index in [0.29, 0.717) is 0 Å². The number of nitrogens with two attached hydrogens (primary N) is 2. The Labute approximate surface area is 112 Å². The maximum Gasteiger partial charge on any atom is 0.240 e. The number of hydrogen-bond acceptors (Lipinski definition) is 5. The summed E-state index contributed by atoms with van der Waals surface area (Å²) in [4.78, 5) is 2.22. The van der Waals surface area contributed by atoms with Crippen molar-refractivity contribution in [3.63, 3.8) is 0 Å². The van der Waals surface area contributed by atoms with Crippen LogP contribution in [-0.4, -0.2) is 33.0 Å². The number of benzene rings is 1. The highest BCUT2D eigenvalue weighted by atomic mass is 32.2. The molecule has 0 amide bonds. The van der Waals surface area contributed by atoms with E-state index in [1.165, 1.54) is 11.8 Å². The highest BCUT2D eigenvalue weighted by Gasteiger charge is 2.15. The molecule has 0 atom stereocenters. The molecule has 1 saturated heterocycles. The van der Waals surface area contributed by atoms with E-state index in [9.17, 15) is 8.42 Å². The summed E-state index contributed by atoms with van der Waals surface area (Å²) in [5.41, 5.74) is 6.94. The number of nitrogen functional groups attached to an aromatic ring is 1. The van der Waals surface area contributed by atoms with Gasteiger partial charge in [-0.2, -0.15) is 11.8 Å². The molecule has 7 heteroatoms. The summed E-state index contributed by atoms with van der Waals surface area (Å²) in [5.74, 6) is 2.25. The van der Waals surface area contributed by atoms with Crippen LogP contribution < -0.4 is 15.8 Å². The molecule has 0 aromatic heterocycles. The Bertz CT molecular complexity index is 523. The van der Waals surface area contributed by atoms with Crippen LogP contribution in [0.25, 0.3) is 0 Å². The van der Waals surface area contributed by atoms with Crippen LogP contribution in [0.15, 0.2) is 23.1 Å². The van der Waals surface area contributed by atoms with Crippen molar-refractivity contribution in [1.29, 1.82) is 0 Å². The van der Waals surface area contributed by atoms with E-state index in [0.717, 1.165) is 31.0 Å². The minimum absolute atomic E-state index is 0.00422. The third kappa shape index (κ3) is 3.09. The molecule has 4 N–H and O–H groups in total. The zero-order valence-corrected chi connectivity index (χ0v) is 11.6. The zero-order chi connectivity index (χ0) is 13.2. The van der Waals surface area contributed by atoms with Crippen molar-refractivity contribution < 1.29 is 8.42 Å². The molecule has 1 fully saturated rings. The fourth-order valence-corrected chi connectivity index (χ4v) is 3.53. The predicted octanol–water partition coefficient (Wildman–Crippen LogP) is 0.859. The SMILES string of the molecule is Nc1cc(N2CCCSCC2)ccc1S(N)(=O)=O. The van der Waals surface area contributed by atoms with E-state index in [4.69, 9.17) is 10.9 Å². The lowest BCUT2D eigenvalue weighted by molar-refractivity contribution is 0.598. The van der Waals surface area contributed by atoms with Crippen LogP contribution in [0.1, 0.15) is 6.42 Å². The maximum atomic E-state index is 11.3. The molecule has 0 radical (unpaired) electrons. The quantitative estimate of drug-likeness (QED) is 0.787. The molecule has 0 saturated carbocycles. The van der Waals surface area contributed by atoms with Crippen LogP contribution in [0.3, 0.4) is 0 Å². The number of thioether (sulfide) groups is 1. The molecule has 0 unspecified atom stereocenters. The molecule has 2 rings (SSSR count). The van der Waals surface area contributed by atoms with E-state index < -0.39 is 10.0 Å². The molecular weight excluding hydrogens is 270 g/mol. The van der Waals surface area contributed by atoms with Gasteiger partial charge in [-0.3, -0.25) is 0 Å². The first-order valence-electron chi connectivity index (χ1n) is 5.73. The molecule has 0 aliphatic carbocycles. The first-order chi connectivity index (χ1) is 8.48. The molecule has 18 heavy (non-hydrogen) atoms. The normalized spacial score (nSPS) is 17.5. The van der Waals surface area contributed by atoms with Gasteiger partial charge in [0, 0.05) is 24.5 Å². The Kier molecular flexibility index (Phi) is 4.04. The molecular formula is C11H17N3O2S2. The topological polar surface area (TPSA) is 89.4 Å². The van der Waals surface area contributed by atoms with E-state index >= 15 is 0 Å². The second-order valence-corrected chi connectivity index (χ2v) is 6.97. The summed E-state index contributed by atoms with van der Waals surface area (Å²) < 4.78 is 22.6. The molecule has 1 heterocycles. The van der Waals surface area contributed by atoms with Crippen LogP contribution in [0.4, 0.5) is 11.4 Å². The zero-order valence-electron chi connectivity index (χ0n) is 10.0. The summed E-state index contributed by atoms with van der Waals surface area (Å²) in [6.07, 6.45) is 1.13. The highest BCUT2D eigenvalue weighted by Crippen LogP contribution is 2.25. The maximum absolute atomic E-state index is 11.3. The smallest absolute Gasteiger partial charge is 0.240 e. The fourth-order valence-electron chi connectivity index (χ4n) is 2.00. The van der Waals surface area contributed by atoms with Gasteiger partial charge in [0.05, 0.1) is 5.69 Å². The van der Waals surface area contributed by atoms with Crippen molar-refractivity contribution in [1.82, 2.24) is 0 Å². The second-order valence-electron chi connectivity index (χ2n) is 4.22. The van der Waals surface area contributed by atoms with Crippen LogP contribution in [0, 0.1) is 0 Å². The number of rotatable bonds is 2. The number of nitrogens with zero attached hydrogens (tertiary/aromatic N) is 1. The van der Waals surface area contributed by atoms with E-state index in [-0.39, 0.29) is 10.6 Å². The highest BCUT2D eigenvalue weighted by molar-refractivity contribution is 7.99. The first-order valence-corrected chi connectivity index (χ1v) is 8.43. The third-order valence-electron chi connectivity index (χ3n) is 2.89. The van der Waals surface area contributed by atoms with Gasteiger partial charge in [-0.25, -0.2) is 13.6 Å². The Hall–Kier alpha value is -0.920. The van der Waals surface area contributed by atoms with Gasteiger partial charge in [-0.1, -0.05) is 0 Å². The van der Waals surface area contributed by atoms with E-state index in [1.807, 2.05) is 11.8 Å². The lowest BCUT2D eigenvalue weighted by atomic mass is 10.2. The number of primary sulfonamides is 1. The van der Waals surface area contributed by atoms with Crippen molar-refractivity contribution >= 4 is 33.2 Å². The third-order valence-corrected chi connectivity index (χ3v) is 4.92. The molecule has 1 aliphatic heterocycles. The summed E-state index contributed by atoms with van der Waals surface area (Å²) in [5, 5.41) is 5.09. The summed E-state index contributed by atoms with van der Waals surface area (Å²) in [7, 11) is -3.74. The van der Waals surface area contributed by atoms with Gasteiger partial charge in [0.1, 0.15) is 4.90 Å².